The van der Waals surface area contributed by atoms with Crippen LogP contribution in [-0.2, 0) is 53.4 Å². The SMILES string of the molecule is CCc1ccc(C2=N[C@@H](CC(=O)OC(C)C)c3nnc(C)n3-c3ccc(OC)cc32)cc1.COc1ccc2c(c1)C(c1ccc(Cl)cc1)=N[C@@H](NC(=O)OC(C)C)c1nnc(C)n1-2.COc1ccc2c(c1)C(c1ccc(Cl)cc1)=N[C@@H]([NH-])c1nnc(C)n1-2.[Y]. The molecule has 89 heavy (non-hydrogen) atoms. The van der Waals surface area contributed by atoms with E-state index >= 15 is 0 Å². The normalized spacial score (nSPS) is 15.0. The zero-order valence-electron chi connectivity index (χ0n) is 51.0. The largest absolute Gasteiger partial charge is 0.649 e. The minimum Gasteiger partial charge on any atom is -0.649 e. The Morgan fingerprint density at radius 3 is 1.36 bits per heavy atom. The third kappa shape index (κ3) is 14.2. The molecule has 21 nitrogen and oxygen atoms in total. The number of carbonyl (C=O) groups excluding carboxylic acids is 2. The smallest absolute Gasteiger partial charge is 0.409 e. The van der Waals surface area contributed by atoms with Crippen LogP contribution in [0.1, 0.15) is 133 Å². The number of alkyl carbamates (subject to hydrolysis) is 1. The maximum atomic E-state index is 12.6. The topological polar surface area (TPSA) is 245 Å². The van der Waals surface area contributed by atoms with Gasteiger partial charge < -0.3 is 29.4 Å². The van der Waals surface area contributed by atoms with E-state index in [4.69, 9.17) is 62.6 Å². The molecule has 1 amide bonds. The zero-order valence-corrected chi connectivity index (χ0v) is 55.3. The number of esters is 1. The summed E-state index contributed by atoms with van der Waals surface area (Å²) in [5.74, 6) is 5.51. The van der Waals surface area contributed by atoms with Gasteiger partial charge in [-0.3, -0.25) is 38.8 Å². The maximum absolute atomic E-state index is 12.6. The minimum absolute atomic E-state index is 0. The Kier molecular flexibility index (Phi) is 20.7. The summed E-state index contributed by atoms with van der Waals surface area (Å²) in [6, 6.07) is 39.9. The molecule has 0 saturated heterocycles. The van der Waals surface area contributed by atoms with Gasteiger partial charge in [0.05, 0.1) is 74.2 Å². The summed E-state index contributed by atoms with van der Waals surface area (Å²) in [5.41, 5.74) is 19.7. The third-order valence-corrected chi connectivity index (χ3v) is 14.9. The van der Waals surface area contributed by atoms with Crippen LogP contribution in [0.3, 0.4) is 0 Å². The van der Waals surface area contributed by atoms with Gasteiger partial charge in [-0.1, -0.05) is 78.7 Å². The predicted octanol–water partition coefficient (Wildman–Crippen LogP) is 12.7. The fraction of sp³-hybridized carbons (Fsp3) is 0.277. The number of benzene rings is 6. The number of fused-ring (bicyclic) bond motifs is 9. The second-order valence-electron chi connectivity index (χ2n) is 21.1. The third-order valence-electron chi connectivity index (χ3n) is 14.4. The van der Waals surface area contributed by atoms with Gasteiger partial charge in [-0.2, -0.15) is 0 Å². The van der Waals surface area contributed by atoms with Crippen LogP contribution in [0.4, 0.5) is 4.79 Å². The van der Waals surface area contributed by atoms with Crippen molar-refractivity contribution in [2.24, 2.45) is 15.0 Å². The van der Waals surface area contributed by atoms with E-state index in [1.807, 2.05) is 139 Å². The van der Waals surface area contributed by atoms with Gasteiger partial charge in [0.1, 0.15) is 46.6 Å². The van der Waals surface area contributed by atoms with Gasteiger partial charge in [0.15, 0.2) is 17.8 Å². The summed E-state index contributed by atoms with van der Waals surface area (Å²) in [6.07, 6.45) is -1.69. The van der Waals surface area contributed by atoms with E-state index in [1.165, 1.54) is 5.56 Å². The Morgan fingerprint density at radius 1 is 0.528 bits per heavy atom. The molecule has 3 aromatic heterocycles. The number of hydrogen-bond acceptors (Lipinski definition) is 16. The van der Waals surface area contributed by atoms with Crippen molar-refractivity contribution < 1.29 is 66.0 Å². The predicted molar refractivity (Wildman–Crippen MR) is 337 cm³/mol. The Bertz CT molecular complexity index is 4140. The number of methoxy groups -OCH3 is 3. The van der Waals surface area contributed by atoms with Crippen LogP contribution in [0.5, 0.6) is 17.2 Å². The number of halogens is 2. The average molecular weight is 1310 g/mol. The first-order valence-electron chi connectivity index (χ1n) is 28.4. The van der Waals surface area contributed by atoms with E-state index in [2.05, 4.69) is 72.1 Å². The number of aliphatic imine (C=N–C) groups is 3. The Balaban J connectivity index is 0.000000159. The molecule has 6 aromatic carbocycles. The standard InChI is InChI=1S/C25H28N4O3.C22H22ClN5O3.C18H15ClN5O.Y/c1-6-17-7-9-18(10-8-17)24-20-13-19(31-5)11-12-22(20)29-16(4)27-28-25(29)21(26-24)14-23(30)32-15(2)3;1-12(2)31-22(29)25-20-21-27-26-13(3)28(21)18-10-9-16(30-4)11-17(18)19(24-20)14-5-7-15(23)8-6-14;1-10-22-23-18-17(20)21-16(11-3-5-12(19)6-4-11)14-9-13(25-2)7-8-15(14)24(10)18;/h7-13,15,21H,6,14H2,1-5H3;5-12,20H,1-4H3,(H,25,29);3-9,17,20H,1-2H3;/q;;-1;/t21-;20-;17-;/m001./s1. The van der Waals surface area contributed by atoms with E-state index in [0.717, 1.165) is 79.9 Å². The van der Waals surface area contributed by atoms with Gasteiger partial charge in [-0.05, 0) is 139 Å². The number of aryl methyl sites for hydroxylation is 4. The van der Waals surface area contributed by atoms with Gasteiger partial charge in [0.2, 0.25) is 0 Å². The molecular formula is C65H65Cl2N14O7Y-. The van der Waals surface area contributed by atoms with Gasteiger partial charge in [-0.15, -0.1) is 30.6 Å². The molecule has 3 aliphatic heterocycles. The molecule has 24 heteroatoms. The molecule has 0 fully saturated rings. The number of rotatable bonds is 12. The van der Waals surface area contributed by atoms with Gasteiger partial charge in [0, 0.05) is 82.3 Å². The van der Waals surface area contributed by atoms with Crippen molar-refractivity contribution in [1.29, 1.82) is 0 Å². The molecule has 3 atom stereocenters. The van der Waals surface area contributed by atoms with Crippen molar-refractivity contribution in [2.45, 2.75) is 98.8 Å². The fourth-order valence-electron chi connectivity index (χ4n) is 10.3. The molecule has 9 aromatic rings. The van der Waals surface area contributed by atoms with Crippen LogP contribution in [-0.4, -0.2) is 107 Å². The molecule has 6 heterocycles. The van der Waals surface area contributed by atoms with Gasteiger partial charge in [-0.25, -0.2) is 4.79 Å². The monoisotopic (exact) mass is 1310 g/mol. The molecule has 1 radical (unpaired) electrons. The van der Waals surface area contributed by atoms with E-state index in [1.54, 1.807) is 47.3 Å². The summed E-state index contributed by atoms with van der Waals surface area (Å²) in [4.78, 5) is 39.5. The minimum atomic E-state index is -0.870. The van der Waals surface area contributed by atoms with Crippen molar-refractivity contribution in [3.05, 3.63) is 217 Å². The molecule has 2 N–H and O–H groups in total. The second-order valence-corrected chi connectivity index (χ2v) is 22.0. The fourth-order valence-corrected chi connectivity index (χ4v) is 10.6. The van der Waals surface area contributed by atoms with Crippen molar-refractivity contribution >= 4 is 52.4 Å². The first-order chi connectivity index (χ1) is 42.4. The number of hydrogen-bond donors (Lipinski definition) is 1. The van der Waals surface area contributed by atoms with Crippen LogP contribution in [0.25, 0.3) is 22.8 Å². The van der Waals surface area contributed by atoms with Crippen molar-refractivity contribution in [1.82, 2.24) is 49.6 Å². The number of amides is 1. The number of aromatic nitrogens is 9. The zero-order chi connectivity index (χ0) is 62.5. The average Bonchev–Trinajstić information content (AvgIpc) is 2.01. The Labute approximate surface area is 550 Å². The van der Waals surface area contributed by atoms with Crippen LogP contribution in [0, 0.1) is 20.8 Å². The molecule has 0 spiro atoms. The molecule has 3 aliphatic rings. The number of nitrogens with zero attached hydrogens (tertiary/aromatic N) is 12. The van der Waals surface area contributed by atoms with E-state index < -0.39 is 24.5 Å². The summed E-state index contributed by atoms with van der Waals surface area (Å²) < 4.78 is 32.8. The van der Waals surface area contributed by atoms with E-state index in [-0.39, 0.29) is 57.3 Å². The van der Waals surface area contributed by atoms with Crippen LogP contribution in [0.2, 0.25) is 10.0 Å². The van der Waals surface area contributed by atoms with Crippen LogP contribution >= 0.6 is 23.2 Å². The quantitative estimate of drug-likeness (QED) is 0.112. The molecule has 0 saturated carbocycles. The Hall–Kier alpha value is -8.47. The molecule has 12 rings (SSSR count). The summed E-state index contributed by atoms with van der Waals surface area (Å²) in [7, 11) is 4.88. The van der Waals surface area contributed by atoms with Gasteiger partial charge in [0.25, 0.3) is 0 Å². The molecule has 0 unspecified atom stereocenters. The summed E-state index contributed by atoms with van der Waals surface area (Å²) >= 11 is 12.1. The van der Waals surface area contributed by atoms with Crippen LogP contribution in [0.15, 0.2) is 142 Å². The first-order valence-corrected chi connectivity index (χ1v) is 29.2. The maximum Gasteiger partial charge on any atom is 0.409 e. The summed E-state index contributed by atoms with van der Waals surface area (Å²) in [6.45, 7) is 15.0. The second kappa shape index (κ2) is 28.4. The number of nitrogens with one attached hydrogen (secondary N) is 2. The van der Waals surface area contributed by atoms with E-state index in [9.17, 15) is 9.59 Å². The summed E-state index contributed by atoms with van der Waals surface area (Å²) in [5, 5.41) is 29.5. The van der Waals surface area contributed by atoms with E-state index in [0.29, 0.717) is 56.3 Å². The first kappa shape index (κ1) is 65.0. The number of carbonyl (C=O) groups is 2. The van der Waals surface area contributed by atoms with Gasteiger partial charge >= 0.3 is 12.1 Å². The van der Waals surface area contributed by atoms with Crippen LogP contribution < -0.4 is 19.5 Å². The van der Waals surface area contributed by atoms with Crippen molar-refractivity contribution in [3.63, 3.8) is 0 Å². The Morgan fingerprint density at radius 2 is 0.921 bits per heavy atom. The van der Waals surface area contributed by atoms with Crippen molar-refractivity contribution in [2.75, 3.05) is 21.3 Å². The molecule has 0 bridgehead atoms. The molecular weight excluding hydrogens is 1250 g/mol. The number of ether oxygens (including phenoxy) is 5. The van der Waals surface area contributed by atoms with Crippen molar-refractivity contribution in [3.8, 4) is 34.3 Å². The molecule has 0 aliphatic carbocycles. The molecule has 455 valence electrons.